The van der Waals surface area contributed by atoms with Crippen LogP contribution in [0.3, 0.4) is 0 Å². The molecule has 3 aliphatic rings. The molecule has 2 heterocycles. The fraction of sp³-hybridized carbons (Fsp3) is 0.692. The summed E-state index contributed by atoms with van der Waals surface area (Å²) in [6, 6.07) is 10.0. The minimum Gasteiger partial charge on any atom is -0.376 e. The van der Waals surface area contributed by atoms with Crippen molar-refractivity contribution in [2.75, 3.05) is 39.3 Å². The molecule has 1 aliphatic carbocycles. The van der Waals surface area contributed by atoms with Gasteiger partial charge in [-0.1, -0.05) is 50.1 Å². The number of ether oxygens (including phenoxy) is 1. The van der Waals surface area contributed by atoms with E-state index in [0.29, 0.717) is 25.6 Å². The number of piperazine rings is 1. The molecule has 3 unspecified atom stereocenters. The predicted molar refractivity (Wildman–Crippen MR) is 125 cm³/mol. The summed E-state index contributed by atoms with van der Waals surface area (Å²) in [6.45, 7) is 6.45. The molecule has 1 aromatic rings. The van der Waals surface area contributed by atoms with Crippen molar-refractivity contribution in [2.24, 2.45) is 5.92 Å². The number of carbonyl (C=O) groups is 2. The van der Waals surface area contributed by atoms with E-state index in [1.807, 2.05) is 23.1 Å². The Hall–Kier alpha value is -1.92. The lowest BCUT2D eigenvalue weighted by molar-refractivity contribution is -0.136. The maximum absolute atomic E-state index is 13.3. The molecule has 6 nitrogen and oxygen atoms in total. The lowest BCUT2D eigenvalue weighted by Crippen LogP contribution is -2.58. The molecule has 0 radical (unpaired) electrons. The summed E-state index contributed by atoms with van der Waals surface area (Å²) in [6.07, 6.45) is 7.79. The molecule has 0 bridgehead atoms. The van der Waals surface area contributed by atoms with Crippen LogP contribution in [0.1, 0.15) is 63.4 Å². The molecular formula is C26H39N3O3. The highest BCUT2D eigenvalue weighted by molar-refractivity contribution is 5.84. The second-order valence-electron chi connectivity index (χ2n) is 9.60. The van der Waals surface area contributed by atoms with Gasteiger partial charge in [-0.2, -0.15) is 0 Å². The molecule has 3 fully saturated rings. The molecule has 1 aromatic carbocycles. The average molecular weight is 442 g/mol. The molecule has 0 spiro atoms. The molecule has 0 aromatic heterocycles. The van der Waals surface area contributed by atoms with Crippen LogP contribution in [0.25, 0.3) is 0 Å². The van der Waals surface area contributed by atoms with Crippen molar-refractivity contribution in [3.8, 4) is 0 Å². The number of hydrogen-bond donors (Lipinski definition) is 1. The molecular weight excluding hydrogens is 402 g/mol. The first-order valence-corrected chi connectivity index (χ1v) is 12.6. The van der Waals surface area contributed by atoms with Crippen molar-refractivity contribution in [2.45, 2.75) is 69.9 Å². The van der Waals surface area contributed by atoms with Crippen molar-refractivity contribution in [1.29, 1.82) is 0 Å². The normalized spacial score (nSPS) is 24.4. The number of nitrogens with one attached hydrogen (secondary N) is 1. The minimum absolute atomic E-state index is 0.0766. The van der Waals surface area contributed by atoms with Gasteiger partial charge in [0.1, 0.15) is 0 Å². The van der Waals surface area contributed by atoms with Crippen molar-refractivity contribution in [1.82, 2.24) is 15.1 Å². The SMILES string of the molecule is CCC(C(=O)N1CCN(C(C(=O)NCC2CCCO2)C2CCCC2)CC1)c1ccccc1. The Morgan fingerprint density at radius 2 is 1.75 bits per heavy atom. The maximum Gasteiger partial charge on any atom is 0.237 e. The summed E-state index contributed by atoms with van der Waals surface area (Å²) in [7, 11) is 0. The monoisotopic (exact) mass is 441 g/mol. The summed E-state index contributed by atoms with van der Waals surface area (Å²) < 4.78 is 5.69. The van der Waals surface area contributed by atoms with Gasteiger partial charge in [-0.25, -0.2) is 0 Å². The molecule has 6 heteroatoms. The fourth-order valence-corrected chi connectivity index (χ4v) is 5.75. The van der Waals surface area contributed by atoms with Crippen LogP contribution >= 0.6 is 0 Å². The van der Waals surface area contributed by atoms with Gasteiger partial charge in [-0.3, -0.25) is 14.5 Å². The zero-order chi connectivity index (χ0) is 22.3. The van der Waals surface area contributed by atoms with Crippen LogP contribution in [0.5, 0.6) is 0 Å². The van der Waals surface area contributed by atoms with Crippen LogP contribution in [0, 0.1) is 5.92 Å². The molecule has 32 heavy (non-hydrogen) atoms. The van der Waals surface area contributed by atoms with Crippen LogP contribution in [-0.4, -0.2) is 73.1 Å². The van der Waals surface area contributed by atoms with E-state index in [9.17, 15) is 9.59 Å². The lowest BCUT2D eigenvalue weighted by atomic mass is 9.93. The summed E-state index contributed by atoms with van der Waals surface area (Å²) >= 11 is 0. The topological polar surface area (TPSA) is 61.9 Å². The quantitative estimate of drug-likeness (QED) is 0.673. The van der Waals surface area contributed by atoms with Crippen LogP contribution < -0.4 is 5.32 Å². The van der Waals surface area contributed by atoms with E-state index < -0.39 is 0 Å². The van der Waals surface area contributed by atoms with Gasteiger partial charge in [0.2, 0.25) is 11.8 Å². The van der Waals surface area contributed by atoms with E-state index in [1.165, 1.54) is 12.8 Å². The predicted octanol–water partition coefficient (Wildman–Crippen LogP) is 3.18. The van der Waals surface area contributed by atoms with Crippen LogP contribution in [-0.2, 0) is 14.3 Å². The molecule has 2 aliphatic heterocycles. The van der Waals surface area contributed by atoms with Gasteiger partial charge in [0.05, 0.1) is 18.1 Å². The Balaban J connectivity index is 1.36. The molecule has 1 saturated carbocycles. The van der Waals surface area contributed by atoms with E-state index >= 15 is 0 Å². The summed E-state index contributed by atoms with van der Waals surface area (Å²) in [5, 5.41) is 3.20. The Morgan fingerprint density at radius 3 is 2.38 bits per heavy atom. The summed E-state index contributed by atoms with van der Waals surface area (Å²) in [5.74, 6) is 0.721. The van der Waals surface area contributed by atoms with Crippen molar-refractivity contribution >= 4 is 11.8 Å². The first kappa shape index (κ1) is 23.2. The Bertz CT molecular complexity index is 736. The second-order valence-corrected chi connectivity index (χ2v) is 9.60. The van der Waals surface area contributed by atoms with Gasteiger partial charge in [0.25, 0.3) is 0 Å². The molecule has 3 atom stereocenters. The number of benzene rings is 1. The zero-order valence-corrected chi connectivity index (χ0v) is 19.5. The minimum atomic E-state index is -0.0805. The van der Waals surface area contributed by atoms with Crippen LogP contribution in [0.2, 0.25) is 0 Å². The number of hydrogen-bond acceptors (Lipinski definition) is 4. The standard InChI is InChI=1S/C26H39N3O3/c1-2-23(20-9-4-3-5-10-20)26(31)29-16-14-28(15-17-29)24(21-11-6-7-12-21)25(30)27-19-22-13-8-18-32-22/h3-5,9-10,21-24H,2,6-8,11-19H2,1H3,(H,27,30). The number of carbonyl (C=O) groups excluding carboxylic acids is 2. The third kappa shape index (κ3) is 5.52. The summed E-state index contributed by atoms with van der Waals surface area (Å²) in [5.41, 5.74) is 1.10. The Morgan fingerprint density at radius 1 is 1.03 bits per heavy atom. The van der Waals surface area contributed by atoms with E-state index in [-0.39, 0.29) is 29.9 Å². The fourth-order valence-electron chi connectivity index (χ4n) is 5.75. The number of nitrogens with zero attached hydrogens (tertiary/aromatic N) is 2. The third-order valence-electron chi connectivity index (χ3n) is 7.57. The van der Waals surface area contributed by atoms with Crippen LogP contribution in [0.15, 0.2) is 30.3 Å². The van der Waals surface area contributed by atoms with Crippen LogP contribution in [0.4, 0.5) is 0 Å². The molecule has 2 amide bonds. The average Bonchev–Trinajstić information content (AvgIpc) is 3.54. The Kier molecular flexibility index (Phi) is 8.20. The highest BCUT2D eigenvalue weighted by Crippen LogP contribution is 2.31. The van der Waals surface area contributed by atoms with E-state index in [0.717, 1.165) is 57.4 Å². The van der Waals surface area contributed by atoms with E-state index in [2.05, 4.69) is 29.3 Å². The van der Waals surface area contributed by atoms with Gasteiger partial charge < -0.3 is 15.0 Å². The Labute approximate surface area is 192 Å². The summed E-state index contributed by atoms with van der Waals surface area (Å²) in [4.78, 5) is 30.9. The molecule has 176 valence electrons. The van der Waals surface area contributed by atoms with Gasteiger partial charge in [0, 0.05) is 39.3 Å². The van der Waals surface area contributed by atoms with Gasteiger partial charge in [0.15, 0.2) is 0 Å². The van der Waals surface area contributed by atoms with Crippen molar-refractivity contribution in [3.05, 3.63) is 35.9 Å². The number of rotatable bonds is 8. The third-order valence-corrected chi connectivity index (χ3v) is 7.57. The largest absolute Gasteiger partial charge is 0.376 e. The molecule has 2 saturated heterocycles. The smallest absolute Gasteiger partial charge is 0.237 e. The van der Waals surface area contributed by atoms with Gasteiger partial charge in [-0.05, 0) is 43.6 Å². The second kappa shape index (κ2) is 11.3. The highest BCUT2D eigenvalue weighted by Gasteiger charge is 2.38. The van der Waals surface area contributed by atoms with Crippen molar-refractivity contribution in [3.63, 3.8) is 0 Å². The van der Waals surface area contributed by atoms with Gasteiger partial charge >= 0.3 is 0 Å². The zero-order valence-electron chi connectivity index (χ0n) is 19.5. The van der Waals surface area contributed by atoms with E-state index in [4.69, 9.17) is 4.74 Å². The first-order chi connectivity index (χ1) is 15.7. The number of amides is 2. The highest BCUT2D eigenvalue weighted by atomic mass is 16.5. The van der Waals surface area contributed by atoms with Gasteiger partial charge in [-0.15, -0.1) is 0 Å². The molecule has 4 rings (SSSR count). The lowest BCUT2D eigenvalue weighted by Gasteiger charge is -2.41. The maximum atomic E-state index is 13.3. The van der Waals surface area contributed by atoms with Crippen molar-refractivity contribution < 1.29 is 14.3 Å². The van der Waals surface area contributed by atoms with E-state index in [1.54, 1.807) is 0 Å². The molecule has 1 N–H and O–H groups in total. The first-order valence-electron chi connectivity index (χ1n) is 12.6.